The van der Waals surface area contributed by atoms with E-state index in [0.717, 1.165) is 0 Å². The number of carbonyl (C=O) groups excluding carboxylic acids is 2. The first-order valence-electron chi connectivity index (χ1n) is 7.93. The van der Waals surface area contributed by atoms with E-state index in [1.807, 2.05) is 0 Å². The smallest absolute Gasteiger partial charge is 0.302 e. The second-order valence-corrected chi connectivity index (χ2v) is 12.4. The van der Waals surface area contributed by atoms with Crippen molar-refractivity contribution in [2.24, 2.45) is 0 Å². The molecule has 128 valence electrons. The Morgan fingerprint density at radius 3 is 1.55 bits per heavy atom. The van der Waals surface area contributed by atoms with Gasteiger partial charge in [-0.05, 0) is 18.1 Å². The van der Waals surface area contributed by atoms with Crippen LogP contribution in [0.25, 0.3) is 0 Å². The van der Waals surface area contributed by atoms with E-state index in [1.165, 1.54) is 13.8 Å². The molecule has 3 atom stereocenters. The fourth-order valence-electron chi connectivity index (χ4n) is 2.52. The lowest BCUT2D eigenvalue weighted by molar-refractivity contribution is -0.159. The number of esters is 2. The van der Waals surface area contributed by atoms with Crippen LogP contribution >= 0.6 is 0 Å². The van der Waals surface area contributed by atoms with E-state index in [1.54, 1.807) is 0 Å². The van der Waals surface area contributed by atoms with Gasteiger partial charge in [0.25, 0.3) is 0 Å². The van der Waals surface area contributed by atoms with Gasteiger partial charge in [-0.15, -0.1) is 0 Å². The summed E-state index contributed by atoms with van der Waals surface area (Å²) in [5, 5.41) is 0.109. The summed E-state index contributed by atoms with van der Waals surface area (Å²) >= 11 is 0. The van der Waals surface area contributed by atoms with Crippen molar-refractivity contribution in [1.29, 1.82) is 0 Å². The minimum atomic E-state index is -1.91. The molecule has 5 nitrogen and oxygen atoms in total. The van der Waals surface area contributed by atoms with Gasteiger partial charge in [-0.1, -0.05) is 20.8 Å². The van der Waals surface area contributed by atoms with Crippen LogP contribution in [0.3, 0.4) is 0 Å². The zero-order valence-electron chi connectivity index (χ0n) is 14.9. The van der Waals surface area contributed by atoms with Gasteiger partial charge < -0.3 is 13.9 Å². The van der Waals surface area contributed by atoms with Crippen LogP contribution in [0.4, 0.5) is 0 Å². The average molecular weight is 330 g/mol. The molecule has 0 aromatic rings. The van der Waals surface area contributed by atoms with E-state index in [2.05, 4.69) is 33.9 Å². The summed E-state index contributed by atoms with van der Waals surface area (Å²) in [5.41, 5.74) is 0. The maximum Gasteiger partial charge on any atom is 0.302 e. The summed E-state index contributed by atoms with van der Waals surface area (Å²) in [6, 6.07) is 0. The van der Waals surface area contributed by atoms with Crippen molar-refractivity contribution in [2.75, 3.05) is 0 Å². The summed E-state index contributed by atoms with van der Waals surface area (Å²) in [4.78, 5) is 22.5. The predicted molar refractivity (Wildman–Crippen MR) is 87.0 cm³/mol. The second kappa shape index (κ2) is 7.13. The van der Waals surface area contributed by atoms with E-state index in [-0.39, 0.29) is 35.3 Å². The molecule has 0 saturated heterocycles. The van der Waals surface area contributed by atoms with Crippen LogP contribution in [0.1, 0.15) is 53.9 Å². The topological polar surface area (TPSA) is 61.8 Å². The van der Waals surface area contributed by atoms with Crippen molar-refractivity contribution in [3.63, 3.8) is 0 Å². The summed E-state index contributed by atoms with van der Waals surface area (Å²) in [6.45, 7) is 13.8. The van der Waals surface area contributed by atoms with Crippen LogP contribution in [0.2, 0.25) is 18.1 Å². The van der Waals surface area contributed by atoms with Gasteiger partial charge >= 0.3 is 11.9 Å². The van der Waals surface area contributed by atoms with Gasteiger partial charge in [0.1, 0.15) is 12.2 Å². The van der Waals surface area contributed by atoms with E-state index in [0.29, 0.717) is 19.3 Å². The van der Waals surface area contributed by atoms with Gasteiger partial charge in [-0.2, -0.15) is 0 Å². The molecule has 0 spiro atoms. The first-order valence-corrected chi connectivity index (χ1v) is 10.8. The highest BCUT2D eigenvalue weighted by Crippen LogP contribution is 2.39. The minimum Gasteiger partial charge on any atom is -0.462 e. The molecule has 0 radical (unpaired) electrons. The molecule has 0 N–H and O–H groups in total. The van der Waals surface area contributed by atoms with Crippen LogP contribution in [0, 0.1) is 0 Å². The van der Waals surface area contributed by atoms with Crippen molar-refractivity contribution >= 4 is 20.3 Å². The average Bonchev–Trinajstić information content (AvgIpc) is 2.23. The number of carbonyl (C=O) groups is 2. The third-order valence-electron chi connectivity index (χ3n) is 4.51. The Morgan fingerprint density at radius 2 is 1.23 bits per heavy atom. The van der Waals surface area contributed by atoms with Gasteiger partial charge in [0.15, 0.2) is 8.32 Å². The second-order valence-electron chi connectivity index (χ2n) is 7.67. The Bertz CT molecular complexity index is 389. The van der Waals surface area contributed by atoms with E-state index < -0.39 is 8.32 Å². The van der Waals surface area contributed by atoms with Crippen molar-refractivity contribution in [1.82, 2.24) is 0 Å². The van der Waals surface area contributed by atoms with Crippen LogP contribution in [0.5, 0.6) is 0 Å². The van der Waals surface area contributed by atoms with Crippen molar-refractivity contribution in [2.45, 2.75) is 90.3 Å². The molecule has 6 heteroatoms. The minimum absolute atomic E-state index is 0.0386. The standard InChI is InChI=1S/C16H30O5Si/c1-11(17)19-13-8-14(20-12(2)18)10-15(9-13)21-22(6,7)16(3,4)5/h13-15H,8-10H2,1-7H3/t13-,14+,15?. The zero-order valence-corrected chi connectivity index (χ0v) is 15.9. The van der Waals surface area contributed by atoms with Gasteiger partial charge in [-0.25, -0.2) is 0 Å². The molecule has 1 fully saturated rings. The fourth-order valence-corrected chi connectivity index (χ4v) is 3.90. The Labute approximate surface area is 134 Å². The van der Waals surface area contributed by atoms with Crippen LogP contribution in [-0.4, -0.2) is 38.6 Å². The van der Waals surface area contributed by atoms with Crippen molar-refractivity contribution in [3.05, 3.63) is 0 Å². The predicted octanol–water partition coefficient (Wildman–Crippen LogP) is 3.42. The van der Waals surface area contributed by atoms with Crippen molar-refractivity contribution < 1.29 is 23.5 Å². The fraction of sp³-hybridized carbons (Fsp3) is 0.875. The monoisotopic (exact) mass is 330 g/mol. The Hall–Kier alpha value is -0.883. The summed E-state index contributed by atoms with van der Waals surface area (Å²) in [6.07, 6.45) is 1.36. The molecular formula is C16H30O5Si. The molecule has 1 rings (SSSR count). The molecule has 0 amide bonds. The number of hydrogen-bond acceptors (Lipinski definition) is 5. The van der Waals surface area contributed by atoms with E-state index >= 15 is 0 Å². The van der Waals surface area contributed by atoms with Crippen LogP contribution in [0.15, 0.2) is 0 Å². The van der Waals surface area contributed by atoms with Crippen molar-refractivity contribution in [3.8, 4) is 0 Å². The largest absolute Gasteiger partial charge is 0.462 e. The summed E-state index contributed by atoms with van der Waals surface area (Å²) in [7, 11) is -1.91. The summed E-state index contributed by atoms with van der Waals surface area (Å²) < 4.78 is 17.1. The number of rotatable bonds is 4. The third kappa shape index (κ3) is 5.72. The molecule has 0 aromatic carbocycles. The highest BCUT2D eigenvalue weighted by atomic mass is 28.4. The van der Waals surface area contributed by atoms with Gasteiger partial charge in [-0.3, -0.25) is 9.59 Å². The Morgan fingerprint density at radius 1 is 0.864 bits per heavy atom. The molecule has 1 aliphatic carbocycles. The quantitative estimate of drug-likeness (QED) is 0.584. The lowest BCUT2D eigenvalue weighted by Crippen LogP contribution is -2.48. The zero-order chi connectivity index (χ0) is 17.1. The van der Waals surface area contributed by atoms with Gasteiger partial charge in [0.05, 0.1) is 6.10 Å². The SMILES string of the molecule is CC(=O)O[C@@H]1CC(O[Si](C)(C)C(C)(C)C)C[C@H](OC(C)=O)C1. The molecule has 1 saturated carbocycles. The lowest BCUT2D eigenvalue weighted by atomic mass is 9.92. The van der Waals surface area contributed by atoms with E-state index in [9.17, 15) is 9.59 Å². The normalized spacial score (nSPS) is 26.4. The van der Waals surface area contributed by atoms with E-state index in [4.69, 9.17) is 13.9 Å². The highest BCUT2D eigenvalue weighted by Gasteiger charge is 2.42. The first-order chi connectivity index (χ1) is 9.90. The maximum atomic E-state index is 11.2. The highest BCUT2D eigenvalue weighted by molar-refractivity contribution is 6.74. The van der Waals surface area contributed by atoms with Crippen LogP contribution in [-0.2, 0) is 23.5 Å². The number of hydrogen-bond donors (Lipinski definition) is 0. The molecule has 0 aliphatic heterocycles. The molecule has 1 aliphatic rings. The van der Waals surface area contributed by atoms with Gasteiger partial charge in [0.2, 0.25) is 0 Å². The third-order valence-corrected chi connectivity index (χ3v) is 9.05. The molecule has 0 aromatic heterocycles. The van der Waals surface area contributed by atoms with Crippen LogP contribution < -0.4 is 0 Å². The Kier molecular flexibility index (Phi) is 6.21. The molecule has 0 bridgehead atoms. The summed E-state index contributed by atoms with van der Waals surface area (Å²) in [5.74, 6) is -0.612. The molecule has 1 unspecified atom stereocenters. The van der Waals surface area contributed by atoms with Gasteiger partial charge in [0, 0.05) is 33.1 Å². The maximum absolute atomic E-state index is 11.2. The molecule has 0 heterocycles. The molecular weight excluding hydrogens is 300 g/mol. The first kappa shape index (κ1) is 19.2. The molecule has 22 heavy (non-hydrogen) atoms. The number of ether oxygens (including phenoxy) is 2. The Balaban J connectivity index is 2.79. The lowest BCUT2D eigenvalue weighted by Gasteiger charge is -2.42.